The highest BCUT2D eigenvalue weighted by Crippen LogP contribution is 2.26. The molecule has 9 heteroatoms. The van der Waals surface area contributed by atoms with E-state index in [4.69, 9.17) is 22.3 Å². The van der Waals surface area contributed by atoms with Crippen LogP contribution in [0.4, 0.5) is 0 Å². The first kappa shape index (κ1) is 21.1. The summed E-state index contributed by atoms with van der Waals surface area (Å²) in [5, 5.41) is 26.4. The summed E-state index contributed by atoms with van der Waals surface area (Å²) in [6.07, 6.45) is 0. The lowest BCUT2D eigenvalue weighted by Gasteiger charge is -2.18. The van der Waals surface area contributed by atoms with Crippen LogP contribution in [0.3, 0.4) is 0 Å². The van der Waals surface area contributed by atoms with Crippen LogP contribution in [0.15, 0.2) is 29.4 Å². The van der Waals surface area contributed by atoms with E-state index in [1.165, 1.54) is 23.6 Å². The van der Waals surface area contributed by atoms with E-state index in [1.54, 1.807) is 12.1 Å². The second-order valence-electron chi connectivity index (χ2n) is 6.45. The zero-order chi connectivity index (χ0) is 20.1. The highest BCUT2D eigenvalue weighted by molar-refractivity contribution is 7.99. The molecule has 1 aromatic carbocycles. The van der Waals surface area contributed by atoms with Gasteiger partial charge in [0.1, 0.15) is 12.0 Å². The van der Waals surface area contributed by atoms with Gasteiger partial charge in [-0.3, -0.25) is 9.36 Å². The van der Waals surface area contributed by atoms with Crippen molar-refractivity contribution in [3.05, 3.63) is 35.1 Å². The molecular weight excluding hydrogens is 384 g/mol. The molecule has 2 atom stereocenters. The van der Waals surface area contributed by atoms with Gasteiger partial charge in [0, 0.05) is 16.4 Å². The summed E-state index contributed by atoms with van der Waals surface area (Å²) in [5.41, 5.74) is 0.898. The monoisotopic (exact) mass is 405 g/mol. The molecule has 0 fully saturated rings. The van der Waals surface area contributed by atoms with Crippen LogP contribution in [0.2, 0.25) is 5.02 Å². The van der Waals surface area contributed by atoms with E-state index in [0.29, 0.717) is 10.2 Å². The predicted molar refractivity (Wildman–Crippen MR) is 106 cm³/mol. The fraction of sp³-hybridized carbons (Fsp3) is 0.389. The van der Waals surface area contributed by atoms with Gasteiger partial charge in [-0.1, -0.05) is 23.4 Å². The van der Waals surface area contributed by atoms with Gasteiger partial charge in [0.15, 0.2) is 16.8 Å². The second-order valence-corrected chi connectivity index (χ2v) is 7.83. The van der Waals surface area contributed by atoms with Crippen LogP contribution in [0.5, 0.6) is 0 Å². The molecule has 0 radical (unpaired) electrons. The zero-order valence-electron chi connectivity index (χ0n) is 15.7. The molecule has 0 saturated carbocycles. The van der Waals surface area contributed by atoms with Crippen molar-refractivity contribution >= 4 is 34.9 Å². The third-order valence-electron chi connectivity index (χ3n) is 4.22. The molecule has 1 aromatic heterocycles. The maximum Gasteiger partial charge on any atom is 0.196 e. The van der Waals surface area contributed by atoms with Crippen molar-refractivity contribution in [1.82, 2.24) is 14.8 Å². The van der Waals surface area contributed by atoms with Crippen molar-refractivity contribution in [3.63, 3.8) is 0 Å². The zero-order valence-corrected chi connectivity index (χ0v) is 17.2. The van der Waals surface area contributed by atoms with Gasteiger partial charge >= 0.3 is 0 Å². The number of Topliss-reactive ketones (excluding diaryl/α,β-unsaturated/α-hetero) is 1. The fourth-order valence-corrected chi connectivity index (χ4v) is 3.37. The van der Waals surface area contributed by atoms with Crippen LogP contribution >= 0.6 is 23.4 Å². The molecule has 142 valence electrons. The Morgan fingerprint density at radius 2 is 2.00 bits per heavy atom. The molecule has 7 nitrogen and oxygen atoms in total. The van der Waals surface area contributed by atoms with E-state index in [-0.39, 0.29) is 23.3 Å². The smallest absolute Gasteiger partial charge is 0.196 e. The topological polar surface area (TPSA) is 99.9 Å². The Balaban J connectivity index is 2.36. The number of ketones is 1. The first-order chi connectivity index (χ1) is 12.8. The molecule has 1 heterocycles. The fourth-order valence-electron chi connectivity index (χ4n) is 2.38. The molecule has 0 spiro atoms. The van der Waals surface area contributed by atoms with Crippen LogP contribution in [0, 0.1) is 22.7 Å². The number of nitriles is 1. The summed E-state index contributed by atoms with van der Waals surface area (Å²) >= 11 is 7.22. The van der Waals surface area contributed by atoms with Crippen LogP contribution in [-0.2, 0) is 4.79 Å². The molecular formula is C18H22ClN6OS+. The Morgan fingerprint density at radius 3 is 2.52 bits per heavy atom. The number of thioether (sulfide) groups is 1. The molecule has 0 aliphatic carbocycles. The van der Waals surface area contributed by atoms with Crippen molar-refractivity contribution in [2.45, 2.75) is 25.0 Å². The Morgan fingerprint density at radius 1 is 1.37 bits per heavy atom. The average molecular weight is 406 g/mol. The van der Waals surface area contributed by atoms with E-state index in [9.17, 15) is 4.79 Å². The van der Waals surface area contributed by atoms with Crippen LogP contribution in [-0.4, -0.2) is 46.1 Å². The summed E-state index contributed by atoms with van der Waals surface area (Å²) in [5.74, 6) is -0.515. The molecule has 2 rings (SSSR count). The average Bonchev–Trinajstić information content (AvgIpc) is 3.03. The normalized spacial score (nSPS) is 13.2. The molecule has 27 heavy (non-hydrogen) atoms. The largest absolute Gasteiger partial charge is 0.331 e. The number of hydrogen-bond acceptors (Lipinski definition) is 6. The van der Waals surface area contributed by atoms with Crippen molar-refractivity contribution in [2.75, 3.05) is 19.8 Å². The number of aromatic nitrogens is 3. The number of quaternary nitrogens is 1. The number of hydrogen-bond donors (Lipinski definition) is 2. The maximum atomic E-state index is 12.3. The van der Waals surface area contributed by atoms with Gasteiger partial charge < -0.3 is 10.3 Å². The minimum atomic E-state index is -1.02. The molecule has 2 N–H and O–H groups in total. The highest BCUT2D eigenvalue weighted by atomic mass is 35.5. The molecule has 0 amide bonds. The highest BCUT2D eigenvalue weighted by Gasteiger charge is 2.25. The summed E-state index contributed by atoms with van der Waals surface area (Å²) in [7, 11) is 4.07. The number of carbonyl (C=O) groups is 1. The van der Waals surface area contributed by atoms with Crippen molar-refractivity contribution in [2.24, 2.45) is 5.92 Å². The van der Waals surface area contributed by atoms with Gasteiger partial charge in [-0.25, -0.2) is 0 Å². The summed E-state index contributed by atoms with van der Waals surface area (Å²) < 4.78 is 1.91. The van der Waals surface area contributed by atoms with Gasteiger partial charge in [0.05, 0.1) is 25.9 Å². The standard InChI is InChI=1S/C18H21ClN6OS/c1-11(21)15(9-20)16(26)10-27-18-23-22-17(12(2)24(3)4)25(18)14-7-5-13(19)6-8-14/h5-8,12,15,21H,10H2,1-4H3/p+1/t12-,15-/m0/s1. The lowest BCUT2D eigenvalue weighted by Crippen LogP contribution is -3.05. The maximum absolute atomic E-state index is 12.3. The quantitative estimate of drug-likeness (QED) is 0.516. The van der Waals surface area contributed by atoms with Crippen LogP contribution in [0.1, 0.15) is 25.7 Å². The van der Waals surface area contributed by atoms with E-state index >= 15 is 0 Å². The SMILES string of the molecule is CC(=N)[C@H](C#N)C(=O)CSc1nnc([C@H](C)[NH+](C)C)n1-c1ccc(Cl)cc1. The van der Waals surface area contributed by atoms with Crippen molar-refractivity contribution in [3.8, 4) is 11.8 Å². The van der Waals surface area contributed by atoms with Crippen LogP contribution in [0.25, 0.3) is 5.69 Å². The van der Waals surface area contributed by atoms with Crippen molar-refractivity contribution in [1.29, 1.82) is 10.7 Å². The molecule has 0 aliphatic rings. The predicted octanol–water partition coefficient (Wildman–Crippen LogP) is 1.97. The molecule has 2 aromatic rings. The third kappa shape index (κ3) is 4.95. The van der Waals surface area contributed by atoms with E-state index in [1.807, 2.05) is 36.9 Å². The molecule has 0 unspecified atom stereocenters. The molecule has 0 saturated heterocycles. The lowest BCUT2D eigenvalue weighted by molar-refractivity contribution is -0.890. The number of halogens is 1. The first-order valence-corrected chi connectivity index (χ1v) is 9.74. The number of nitrogens with zero attached hydrogens (tertiary/aromatic N) is 4. The summed E-state index contributed by atoms with van der Waals surface area (Å²) in [6, 6.07) is 9.28. The number of rotatable bonds is 8. The van der Waals surface area contributed by atoms with Gasteiger partial charge in [-0.05, 0) is 38.1 Å². The molecule has 0 bridgehead atoms. The summed E-state index contributed by atoms with van der Waals surface area (Å²) in [6.45, 7) is 3.52. The Hall–Kier alpha value is -2.21. The van der Waals surface area contributed by atoms with E-state index in [2.05, 4.69) is 17.1 Å². The van der Waals surface area contributed by atoms with Gasteiger partial charge in [0.25, 0.3) is 0 Å². The number of carbonyl (C=O) groups excluding carboxylic acids is 1. The third-order valence-corrected chi connectivity index (χ3v) is 5.43. The molecule has 0 aliphatic heterocycles. The van der Waals surface area contributed by atoms with E-state index in [0.717, 1.165) is 11.5 Å². The number of nitrogens with one attached hydrogen (secondary N) is 2. The van der Waals surface area contributed by atoms with Crippen molar-refractivity contribution < 1.29 is 9.69 Å². The number of benzene rings is 1. The Bertz CT molecular complexity index is 871. The lowest BCUT2D eigenvalue weighted by atomic mass is 10.0. The van der Waals surface area contributed by atoms with Crippen LogP contribution < -0.4 is 4.90 Å². The van der Waals surface area contributed by atoms with Gasteiger partial charge in [-0.2, -0.15) is 5.26 Å². The summed E-state index contributed by atoms with van der Waals surface area (Å²) in [4.78, 5) is 13.5. The minimum absolute atomic E-state index is 0.0450. The van der Waals surface area contributed by atoms with Gasteiger partial charge in [-0.15, -0.1) is 10.2 Å². The first-order valence-electron chi connectivity index (χ1n) is 8.37. The van der Waals surface area contributed by atoms with Gasteiger partial charge in [0.2, 0.25) is 0 Å². The minimum Gasteiger partial charge on any atom is -0.331 e. The Labute approximate surface area is 167 Å². The van der Waals surface area contributed by atoms with E-state index < -0.39 is 5.92 Å². The second kappa shape index (κ2) is 9.13. The Kier molecular flexibility index (Phi) is 7.13.